The number of methoxy groups -OCH3 is 1. The van der Waals surface area contributed by atoms with Gasteiger partial charge in [-0.05, 0) is 49.2 Å². The van der Waals surface area contributed by atoms with Crippen molar-refractivity contribution in [2.45, 2.75) is 19.3 Å². The minimum Gasteiger partial charge on any atom is -0.465 e. The smallest absolute Gasteiger partial charge is 0.337 e. The molecule has 2 aromatic carbocycles. The van der Waals surface area contributed by atoms with Gasteiger partial charge in [0.15, 0.2) is 0 Å². The molecule has 0 radical (unpaired) electrons. The molecule has 1 unspecified atom stereocenters. The molecule has 0 spiro atoms. The lowest BCUT2D eigenvalue weighted by atomic mass is 10.1. The van der Waals surface area contributed by atoms with Gasteiger partial charge in [0.2, 0.25) is 11.8 Å². The fraction of sp³-hybridized carbons (Fsp3) is 0.348. The Bertz CT molecular complexity index is 1020. The van der Waals surface area contributed by atoms with Gasteiger partial charge in [-0.2, -0.15) is 0 Å². The van der Waals surface area contributed by atoms with Crippen molar-refractivity contribution in [1.82, 2.24) is 0 Å². The summed E-state index contributed by atoms with van der Waals surface area (Å²) in [5.74, 6) is -1.34. The molecule has 0 aliphatic carbocycles. The normalized spacial score (nSPS) is 18.4. The molecule has 0 bridgehead atoms. The van der Waals surface area contributed by atoms with Crippen LogP contribution in [0.5, 0.6) is 0 Å². The number of nitrogens with one attached hydrogen (secondary N) is 1. The number of anilines is 3. The molecule has 2 heterocycles. The first-order chi connectivity index (χ1) is 15.0. The van der Waals surface area contributed by atoms with E-state index in [0.717, 1.165) is 31.6 Å². The van der Waals surface area contributed by atoms with Crippen LogP contribution in [0.25, 0.3) is 0 Å². The number of carbonyl (C=O) groups excluding carboxylic acids is 3. The van der Waals surface area contributed by atoms with Crippen LogP contribution in [0.3, 0.4) is 0 Å². The van der Waals surface area contributed by atoms with Gasteiger partial charge in [-0.3, -0.25) is 9.59 Å². The van der Waals surface area contributed by atoms with E-state index in [4.69, 9.17) is 16.3 Å². The minimum absolute atomic E-state index is 0.119. The largest absolute Gasteiger partial charge is 0.465 e. The van der Waals surface area contributed by atoms with Crippen molar-refractivity contribution in [3.63, 3.8) is 0 Å². The van der Waals surface area contributed by atoms with Crippen LogP contribution in [0.2, 0.25) is 5.02 Å². The van der Waals surface area contributed by atoms with Gasteiger partial charge in [-0.1, -0.05) is 17.7 Å². The molecule has 2 amide bonds. The summed E-state index contributed by atoms with van der Waals surface area (Å²) < 4.78 is 4.82. The molecule has 2 aromatic rings. The maximum atomic E-state index is 13.1. The first-order valence-electron chi connectivity index (χ1n) is 10.3. The van der Waals surface area contributed by atoms with Gasteiger partial charge < -0.3 is 19.9 Å². The molecule has 8 heteroatoms. The number of amides is 2. The van der Waals surface area contributed by atoms with E-state index in [1.165, 1.54) is 7.11 Å². The van der Waals surface area contributed by atoms with Gasteiger partial charge in [0, 0.05) is 36.8 Å². The minimum atomic E-state index is -0.500. The highest BCUT2D eigenvalue weighted by Gasteiger charge is 2.35. The number of hydrogen-bond acceptors (Lipinski definition) is 5. The fourth-order valence-corrected chi connectivity index (χ4v) is 4.31. The van der Waals surface area contributed by atoms with Crippen molar-refractivity contribution < 1.29 is 19.1 Å². The zero-order valence-corrected chi connectivity index (χ0v) is 18.0. The molecule has 0 saturated carbocycles. The SMILES string of the molecule is COC(=O)c1ccc(N2CCCC2)c(NC(=O)C2CC(=O)N(c3cccc(Cl)c3)C2)c1. The fourth-order valence-electron chi connectivity index (χ4n) is 4.13. The van der Waals surface area contributed by atoms with Crippen LogP contribution in [0.15, 0.2) is 42.5 Å². The molecule has 31 heavy (non-hydrogen) atoms. The van der Waals surface area contributed by atoms with Crippen LogP contribution >= 0.6 is 11.6 Å². The highest BCUT2D eigenvalue weighted by molar-refractivity contribution is 6.31. The Hall–Kier alpha value is -3.06. The zero-order chi connectivity index (χ0) is 22.0. The molecule has 4 rings (SSSR count). The van der Waals surface area contributed by atoms with E-state index in [1.807, 2.05) is 6.07 Å². The van der Waals surface area contributed by atoms with Crippen molar-refractivity contribution >= 4 is 46.4 Å². The molecular weight excluding hydrogens is 418 g/mol. The lowest BCUT2D eigenvalue weighted by Gasteiger charge is -2.23. The van der Waals surface area contributed by atoms with E-state index in [9.17, 15) is 14.4 Å². The molecule has 2 fully saturated rings. The van der Waals surface area contributed by atoms with Gasteiger partial charge in [0.25, 0.3) is 0 Å². The second-order valence-corrected chi connectivity index (χ2v) is 8.23. The van der Waals surface area contributed by atoms with Gasteiger partial charge in [0.05, 0.1) is 30.0 Å². The van der Waals surface area contributed by atoms with Gasteiger partial charge in [0.1, 0.15) is 0 Å². The first kappa shape index (κ1) is 21.2. The second-order valence-electron chi connectivity index (χ2n) is 7.79. The molecule has 2 aliphatic rings. The summed E-state index contributed by atoms with van der Waals surface area (Å²) in [7, 11) is 1.32. The van der Waals surface area contributed by atoms with E-state index < -0.39 is 11.9 Å². The average molecular weight is 442 g/mol. The third-order valence-electron chi connectivity index (χ3n) is 5.74. The van der Waals surface area contributed by atoms with Gasteiger partial charge in [-0.15, -0.1) is 0 Å². The summed E-state index contributed by atoms with van der Waals surface area (Å²) in [5.41, 5.74) is 2.47. The number of benzene rings is 2. The summed E-state index contributed by atoms with van der Waals surface area (Å²) in [4.78, 5) is 41.4. The highest BCUT2D eigenvalue weighted by Crippen LogP contribution is 2.32. The van der Waals surface area contributed by atoms with Crippen LogP contribution < -0.4 is 15.1 Å². The molecule has 1 atom stereocenters. The van der Waals surface area contributed by atoms with E-state index in [2.05, 4.69) is 10.2 Å². The molecule has 2 aliphatic heterocycles. The summed E-state index contributed by atoms with van der Waals surface area (Å²) in [6, 6.07) is 12.2. The topological polar surface area (TPSA) is 79.0 Å². The molecule has 0 aromatic heterocycles. The maximum Gasteiger partial charge on any atom is 0.337 e. The first-order valence-corrected chi connectivity index (χ1v) is 10.7. The van der Waals surface area contributed by atoms with E-state index >= 15 is 0 Å². The maximum absolute atomic E-state index is 13.1. The predicted molar refractivity (Wildman–Crippen MR) is 120 cm³/mol. The number of hydrogen-bond donors (Lipinski definition) is 1. The Morgan fingerprint density at radius 1 is 1.13 bits per heavy atom. The summed E-state index contributed by atoms with van der Waals surface area (Å²) in [5, 5.41) is 3.49. The number of rotatable bonds is 5. The van der Waals surface area contributed by atoms with Crippen LogP contribution in [0, 0.1) is 5.92 Å². The van der Waals surface area contributed by atoms with Crippen molar-refractivity contribution in [2.24, 2.45) is 5.92 Å². The molecule has 7 nitrogen and oxygen atoms in total. The molecular formula is C23H24ClN3O4. The Balaban J connectivity index is 1.54. The van der Waals surface area contributed by atoms with E-state index in [-0.39, 0.29) is 24.8 Å². The van der Waals surface area contributed by atoms with Crippen LogP contribution in [0.4, 0.5) is 17.1 Å². The monoisotopic (exact) mass is 441 g/mol. The van der Waals surface area contributed by atoms with Gasteiger partial charge >= 0.3 is 5.97 Å². The number of carbonyl (C=O) groups is 3. The standard InChI is InChI=1S/C23H24ClN3O4/c1-31-23(30)15-7-8-20(26-9-2-3-10-26)19(11-15)25-22(29)16-12-21(28)27(14-16)18-6-4-5-17(24)13-18/h4-8,11,13,16H,2-3,9-10,12,14H2,1H3,(H,25,29). The highest BCUT2D eigenvalue weighted by atomic mass is 35.5. The summed E-state index contributed by atoms with van der Waals surface area (Å²) in [6.45, 7) is 2.07. The second kappa shape index (κ2) is 8.98. The van der Waals surface area contributed by atoms with Crippen LogP contribution in [-0.2, 0) is 14.3 Å². The predicted octanol–water partition coefficient (Wildman–Crippen LogP) is 3.72. The Kier molecular flexibility index (Phi) is 6.13. The lowest BCUT2D eigenvalue weighted by molar-refractivity contribution is -0.122. The van der Waals surface area contributed by atoms with Crippen LogP contribution in [-0.4, -0.2) is 44.5 Å². The third-order valence-corrected chi connectivity index (χ3v) is 5.97. The molecule has 162 valence electrons. The van der Waals surface area contributed by atoms with Crippen LogP contribution in [0.1, 0.15) is 29.6 Å². The lowest BCUT2D eigenvalue weighted by Crippen LogP contribution is -2.29. The van der Waals surface area contributed by atoms with E-state index in [0.29, 0.717) is 22.0 Å². The average Bonchev–Trinajstić information content (AvgIpc) is 3.43. The number of esters is 1. The van der Waals surface area contributed by atoms with Crippen molar-refractivity contribution in [1.29, 1.82) is 0 Å². The zero-order valence-electron chi connectivity index (χ0n) is 17.3. The quantitative estimate of drug-likeness (QED) is 0.715. The number of ether oxygens (including phenoxy) is 1. The summed E-state index contributed by atoms with van der Waals surface area (Å²) in [6.07, 6.45) is 2.28. The van der Waals surface area contributed by atoms with Crippen molar-refractivity contribution in [3.8, 4) is 0 Å². The van der Waals surface area contributed by atoms with Gasteiger partial charge in [-0.25, -0.2) is 4.79 Å². The van der Waals surface area contributed by atoms with Crippen molar-refractivity contribution in [3.05, 3.63) is 53.1 Å². The molecule has 2 saturated heterocycles. The number of nitrogens with zero attached hydrogens (tertiary/aromatic N) is 2. The Labute approximate surface area is 185 Å². The Morgan fingerprint density at radius 2 is 1.90 bits per heavy atom. The third kappa shape index (κ3) is 4.51. The number of halogens is 1. The molecule has 1 N–H and O–H groups in total. The Morgan fingerprint density at radius 3 is 2.61 bits per heavy atom. The van der Waals surface area contributed by atoms with Crippen molar-refractivity contribution in [2.75, 3.05) is 41.9 Å². The van der Waals surface area contributed by atoms with E-state index in [1.54, 1.807) is 41.3 Å². The summed E-state index contributed by atoms with van der Waals surface area (Å²) >= 11 is 6.05.